The number of carbonyl (C=O) groups excluding carboxylic acids is 1. The molecule has 38 heavy (non-hydrogen) atoms. The monoisotopic (exact) mass is 549 g/mol. The van der Waals surface area contributed by atoms with E-state index in [-0.39, 0.29) is 10.7 Å². The van der Waals surface area contributed by atoms with Gasteiger partial charge in [-0.25, -0.2) is 16.8 Å². The number of rotatable bonds is 8. The Morgan fingerprint density at radius 3 is 2.18 bits per heavy atom. The van der Waals surface area contributed by atoms with Gasteiger partial charge in [-0.2, -0.15) is 0 Å². The average molecular weight is 550 g/mol. The number of nitrogens with zero attached hydrogens (tertiary/aromatic N) is 1. The molecule has 1 heterocycles. The topological polar surface area (TPSA) is 98.2 Å². The van der Waals surface area contributed by atoms with Crippen molar-refractivity contribution in [2.45, 2.75) is 42.8 Å². The van der Waals surface area contributed by atoms with Crippen LogP contribution in [0.3, 0.4) is 0 Å². The fraction of sp³-hybridized carbons (Fsp3) is 0.267. The fourth-order valence-electron chi connectivity index (χ4n) is 4.52. The lowest BCUT2D eigenvalue weighted by Gasteiger charge is -2.24. The molecule has 0 saturated carbocycles. The Morgan fingerprint density at radius 2 is 1.58 bits per heavy atom. The predicted octanol–water partition coefficient (Wildman–Crippen LogP) is 5.50. The highest BCUT2D eigenvalue weighted by Crippen LogP contribution is 2.37. The molecule has 8 heteroatoms. The van der Waals surface area contributed by atoms with E-state index in [2.05, 4.69) is 4.98 Å². The van der Waals surface area contributed by atoms with E-state index in [9.17, 15) is 21.6 Å². The van der Waals surface area contributed by atoms with Crippen LogP contribution in [0.2, 0.25) is 0 Å². The molecule has 4 rings (SSSR count). The Labute approximate surface area is 224 Å². The molecule has 1 aromatic heterocycles. The zero-order chi connectivity index (χ0) is 27.9. The molecule has 0 saturated heterocycles. The molecule has 0 amide bonds. The summed E-state index contributed by atoms with van der Waals surface area (Å²) in [5, 5.41) is 0.842. The molecule has 0 bridgehead atoms. The van der Waals surface area contributed by atoms with E-state index in [4.69, 9.17) is 0 Å². The molecule has 0 spiro atoms. The summed E-state index contributed by atoms with van der Waals surface area (Å²) in [7, 11) is -6.73. The van der Waals surface area contributed by atoms with Gasteiger partial charge in [-0.15, -0.1) is 0 Å². The van der Waals surface area contributed by atoms with Crippen molar-refractivity contribution < 1.29 is 21.6 Å². The van der Waals surface area contributed by atoms with Crippen LogP contribution in [0.4, 0.5) is 0 Å². The summed E-state index contributed by atoms with van der Waals surface area (Å²) in [4.78, 5) is 17.4. The number of aromatic nitrogens is 1. The molecule has 3 aromatic carbocycles. The largest absolute Gasteiger partial charge is 0.299 e. The van der Waals surface area contributed by atoms with Crippen LogP contribution in [-0.4, -0.2) is 40.1 Å². The SMILES string of the molecule is CC(=O)C(Cc1cccc(-c2cc(C(C)(C)S(C)(=O)=O)cc3cccnc23)c1)c1ccc(S(C)(=O)=O)cc1. The van der Waals surface area contributed by atoms with Crippen molar-refractivity contribution in [2.75, 3.05) is 12.5 Å². The van der Waals surface area contributed by atoms with E-state index < -0.39 is 30.3 Å². The van der Waals surface area contributed by atoms with Crippen LogP contribution in [-0.2, 0) is 35.6 Å². The standard InChI is InChI=1S/C30H31NO5S2/c1-20(32)27(22-11-13-26(14-12-22)37(4,33)34)17-21-8-6-9-23(16-21)28-19-25(30(2,3)38(5,35)36)18-24-10-7-15-31-29(24)28/h6-16,18-19,27H,17H2,1-5H3. The highest BCUT2D eigenvalue weighted by Gasteiger charge is 2.33. The molecule has 0 fully saturated rings. The van der Waals surface area contributed by atoms with Gasteiger partial charge in [0.15, 0.2) is 19.7 Å². The summed E-state index contributed by atoms with van der Waals surface area (Å²) in [6.45, 7) is 4.94. The third-order valence-corrected chi connectivity index (χ3v) is 10.4. The second kappa shape index (κ2) is 10.1. The molecule has 0 N–H and O–H groups in total. The number of fused-ring (bicyclic) bond motifs is 1. The quantitative estimate of drug-likeness (QED) is 0.288. The van der Waals surface area contributed by atoms with Crippen molar-refractivity contribution in [1.82, 2.24) is 4.98 Å². The van der Waals surface area contributed by atoms with Gasteiger partial charge in [-0.05, 0) is 79.8 Å². The lowest BCUT2D eigenvalue weighted by Crippen LogP contribution is -2.28. The van der Waals surface area contributed by atoms with E-state index in [1.807, 2.05) is 48.5 Å². The second-order valence-corrected chi connectivity index (χ2v) is 14.9. The zero-order valence-electron chi connectivity index (χ0n) is 22.1. The van der Waals surface area contributed by atoms with E-state index in [0.717, 1.165) is 39.4 Å². The van der Waals surface area contributed by atoms with Crippen molar-refractivity contribution in [1.29, 1.82) is 0 Å². The minimum Gasteiger partial charge on any atom is -0.299 e. The van der Waals surface area contributed by atoms with Gasteiger partial charge in [-0.1, -0.05) is 42.5 Å². The third-order valence-electron chi connectivity index (χ3n) is 7.21. The molecular formula is C30H31NO5S2. The number of Topliss-reactive ketones (excluding diaryl/α,β-unsaturated/α-hetero) is 1. The molecule has 1 atom stereocenters. The number of carbonyl (C=O) groups is 1. The van der Waals surface area contributed by atoms with E-state index >= 15 is 0 Å². The first-order valence-electron chi connectivity index (χ1n) is 12.2. The highest BCUT2D eigenvalue weighted by atomic mass is 32.2. The summed E-state index contributed by atoms with van der Waals surface area (Å²) < 4.78 is 47.8. The molecule has 0 radical (unpaired) electrons. The van der Waals surface area contributed by atoms with Crippen molar-refractivity contribution in [3.8, 4) is 11.1 Å². The van der Waals surface area contributed by atoms with Gasteiger partial charge in [-0.3, -0.25) is 9.78 Å². The predicted molar refractivity (Wildman–Crippen MR) is 152 cm³/mol. The maximum Gasteiger partial charge on any atom is 0.175 e. The normalized spacial score (nSPS) is 13.4. The van der Waals surface area contributed by atoms with Gasteiger partial charge in [0.05, 0.1) is 15.2 Å². The van der Waals surface area contributed by atoms with Gasteiger partial charge in [0, 0.05) is 35.6 Å². The Kier molecular flexibility index (Phi) is 7.34. The van der Waals surface area contributed by atoms with Gasteiger partial charge in [0.1, 0.15) is 5.78 Å². The lowest BCUT2D eigenvalue weighted by atomic mass is 9.87. The van der Waals surface area contributed by atoms with Gasteiger partial charge < -0.3 is 0 Å². The van der Waals surface area contributed by atoms with Crippen molar-refractivity contribution >= 4 is 36.4 Å². The van der Waals surface area contributed by atoms with Crippen molar-refractivity contribution in [3.63, 3.8) is 0 Å². The molecular weight excluding hydrogens is 518 g/mol. The fourth-order valence-corrected chi connectivity index (χ4v) is 5.70. The van der Waals surface area contributed by atoms with Gasteiger partial charge >= 0.3 is 0 Å². The van der Waals surface area contributed by atoms with Gasteiger partial charge in [0.25, 0.3) is 0 Å². The number of hydrogen-bond acceptors (Lipinski definition) is 6. The first kappa shape index (κ1) is 27.7. The lowest BCUT2D eigenvalue weighted by molar-refractivity contribution is -0.118. The Bertz CT molecular complexity index is 1740. The number of ketones is 1. The molecule has 0 aliphatic rings. The smallest absolute Gasteiger partial charge is 0.175 e. The molecule has 198 valence electrons. The summed E-state index contributed by atoms with van der Waals surface area (Å²) in [5.41, 5.74) is 4.79. The summed E-state index contributed by atoms with van der Waals surface area (Å²) in [6, 6.07) is 21.8. The van der Waals surface area contributed by atoms with E-state index in [0.29, 0.717) is 12.0 Å². The number of benzene rings is 3. The van der Waals surface area contributed by atoms with Crippen LogP contribution in [0.25, 0.3) is 22.0 Å². The van der Waals surface area contributed by atoms with Crippen LogP contribution < -0.4 is 0 Å². The first-order valence-corrected chi connectivity index (χ1v) is 16.0. The third kappa shape index (κ3) is 5.56. The Morgan fingerprint density at radius 1 is 0.895 bits per heavy atom. The number of hydrogen-bond donors (Lipinski definition) is 0. The van der Waals surface area contributed by atoms with E-state index in [1.165, 1.54) is 25.3 Å². The molecule has 6 nitrogen and oxygen atoms in total. The van der Waals surface area contributed by atoms with Crippen LogP contribution in [0.1, 0.15) is 43.4 Å². The van der Waals surface area contributed by atoms with Crippen LogP contribution >= 0.6 is 0 Å². The molecule has 0 aliphatic heterocycles. The number of sulfone groups is 2. The molecule has 1 unspecified atom stereocenters. The summed E-state index contributed by atoms with van der Waals surface area (Å²) in [6.07, 6.45) is 4.54. The molecule has 0 aliphatic carbocycles. The minimum atomic E-state index is -3.40. The average Bonchev–Trinajstić information content (AvgIpc) is 2.85. The van der Waals surface area contributed by atoms with E-state index in [1.54, 1.807) is 32.2 Å². The minimum absolute atomic E-state index is 0.0217. The van der Waals surface area contributed by atoms with Crippen LogP contribution in [0.15, 0.2) is 83.9 Å². The Hall–Kier alpha value is -3.36. The maximum atomic E-state index is 12.6. The van der Waals surface area contributed by atoms with Crippen molar-refractivity contribution in [3.05, 3.63) is 95.7 Å². The van der Waals surface area contributed by atoms with Crippen molar-refractivity contribution in [2.24, 2.45) is 0 Å². The zero-order valence-corrected chi connectivity index (χ0v) is 23.7. The second-order valence-electron chi connectivity index (χ2n) is 10.3. The number of pyridine rings is 1. The first-order chi connectivity index (χ1) is 17.7. The summed E-state index contributed by atoms with van der Waals surface area (Å²) in [5.74, 6) is -0.462. The van der Waals surface area contributed by atoms with Crippen LogP contribution in [0, 0.1) is 0 Å². The Balaban J connectivity index is 1.78. The molecule has 4 aromatic rings. The maximum absolute atomic E-state index is 12.6. The highest BCUT2D eigenvalue weighted by molar-refractivity contribution is 7.91. The van der Waals surface area contributed by atoms with Gasteiger partial charge in [0.2, 0.25) is 0 Å². The summed E-state index contributed by atoms with van der Waals surface area (Å²) >= 11 is 0. The van der Waals surface area contributed by atoms with Crippen LogP contribution in [0.5, 0.6) is 0 Å².